The lowest BCUT2D eigenvalue weighted by Gasteiger charge is -2.38. The number of nitriles is 1. The summed E-state index contributed by atoms with van der Waals surface area (Å²) < 4.78 is 16.5. The highest BCUT2D eigenvalue weighted by Gasteiger charge is 2.31. The number of methoxy groups -OCH3 is 1. The van der Waals surface area contributed by atoms with E-state index in [2.05, 4.69) is 6.07 Å². The maximum Gasteiger partial charge on any atom is 0.254 e. The van der Waals surface area contributed by atoms with Gasteiger partial charge in [-0.15, -0.1) is 0 Å². The van der Waals surface area contributed by atoms with Crippen LogP contribution in [0.3, 0.4) is 0 Å². The molecule has 0 aromatic heterocycles. The zero-order valence-electron chi connectivity index (χ0n) is 14.7. The molecule has 0 spiro atoms. The maximum absolute atomic E-state index is 13.1. The Kier molecular flexibility index (Phi) is 5.55. The van der Waals surface area contributed by atoms with Gasteiger partial charge in [0.15, 0.2) is 11.5 Å². The Morgan fingerprint density at radius 3 is 2.71 bits per heavy atom. The summed E-state index contributed by atoms with van der Waals surface area (Å²) in [6.45, 7) is 7.29. The van der Waals surface area contributed by atoms with Gasteiger partial charge in [-0.05, 0) is 32.4 Å². The zero-order valence-corrected chi connectivity index (χ0v) is 14.7. The number of rotatable bonds is 6. The third-order valence-corrected chi connectivity index (χ3v) is 4.36. The van der Waals surface area contributed by atoms with Crippen LogP contribution in [0.1, 0.15) is 44.0 Å². The average Bonchev–Trinajstić information content (AvgIpc) is 2.60. The molecule has 0 saturated heterocycles. The van der Waals surface area contributed by atoms with Crippen molar-refractivity contribution in [2.75, 3.05) is 26.9 Å². The first-order valence-corrected chi connectivity index (χ1v) is 8.11. The number of fused-ring (bicyclic) bond motifs is 1. The fraction of sp³-hybridized carbons (Fsp3) is 0.556. The van der Waals surface area contributed by atoms with Crippen molar-refractivity contribution in [3.05, 3.63) is 17.7 Å². The Balaban J connectivity index is 2.40. The first kappa shape index (κ1) is 17.9. The zero-order chi connectivity index (χ0) is 17.7. The largest absolute Gasteiger partial charge is 0.493 e. The van der Waals surface area contributed by atoms with Crippen LogP contribution < -0.4 is 14.2 Å². The summed E-state index contributed by atoms with van der Waals surface area (Å²) in [5, 5.41) is 8.90. The number of ether oxygens (including phenoxy) is 3. The number of hydrogen-bond acceptors (Lipinski definition) is 5. The number of nitrogens with zero attached hydrogens (tertiary/aromatic N) is 2. The van der Waals surface area contributed by atoms with Gasteiger partial charge in [-0.2, -0.15) is 5.26 Å². The molecule has 1 aliphatic heterocycles. The molecule has 0 fully saturated rings. The van der Waals surface area contributed by atoms with Gasteiger partial charge < -0.3 is 19.1 Å². The van der Waals surface area contributed by atoms with Crippen LogP contribution in [-0.4, -0.2) is 43.2 Å². The Morgan fingerprint density at radius 1 is 1.38 bits per heavy atom. The first-order chi connectivity index (χ1) is 11.4. The van der Waals surface area contributed by atoms with Crippen LogP contribution in [0, 0.1) is 11.3 Å². The molecular formula is C18H24N2O4. The van der Waals surface area contributed by atoms with Crippen LogP contribution in [0.2, 0.25) is 0 Å². The summed E-state index contributed by atoms with van der Waals surface area (Å²) in [6.07, 6.45) is 1.07. The van der Waals surface area contributed by atoms with Gasteiger partial charge in [-0.3, -0.25) is 4.79 Å². The van der Waals surface area contributed by atoms with Gasteiger partial charge >= 0.3 is 0 Å². The molecule has 2 rings (SSSR count). The molecular weight excluding hydrogens is 308 g/mol. The van der Waals surface area contributed by atoms with Crippen LogP contribution >= 0.6 is 0 Å². The van der Waals surface area contributed by atoms with Crippen molar-refractivity contribution in [3.63, 3.8) is 0 Å². The minimum absolute atomic E-state index is 0.146. The minimum Gasteiger partial charge on any atom is -0.493 e. The minimum atomic E-state index is -0.353. The number of benzene rings is 1. The number of carbonyl (C=O) groups is 1. The molecule has 0 N–H and O–H groups in total. The summed E-state index contributed by atoms with van der Waals surface area (Å²) in [5.41, 5.74) is 0.115. The van der Waals surface area contributed by atoms with Crippen molar-refractivity contribution in [2.24, 2.45) is 0 Å². The van der Waals surface area contributed by atoms with Crippen molar-refractivity contribution < 1.29 is 19.0 Å². The highest BCUT2D eigenvalue weighted by molar-refractivity contribution is 5.96. The van der Waals surface area contributed by atoms with E-state index in [1.165, 1.54) is 7.11 Å². The van der Waals surface area contributed by atoms with Gasteiger partial charge in [-0.1, -0.05) is 6.92 Å². The number of amides is 1. The van der Waals surface area contributed by atoms with E-state index in [1.54, 1.807) is 17.0 Å². The topological polar surface area (TPSA) is 71.8 Å². The van der Waals surface area contributed by atoms with Crippen LogP contribution in [0.25, 0.3) is 0 Å². The third-order valence-electron chi connectivity index (χ3n) is 4.36. The molecule has 1 heterocycles. The van der Waals surface area contributed by atoms with Crippen molar-refractivity contribution in [2.45, 2.75) is 39.2 Å². The number of carbonyl (C=O) groups excluding carboxylic acids is 1. The van der Waals surface area contributed by atoms with Crippen LogP contribution in [0.5, 0.6) is 17.2 Å². The molecule has 1 aromatic rings. The standard InChI is InChI=1S/C18H24N2O4/c1-5-18(2,3)20(8-6-7-19)17(21)13-11-14(22-4)16-15(12-13)23-9-10-24-16/h11-12H,5-6,8-10H2,1-4H3. The molecule has 0 aliphatic carbocycles. The lowest BCUT2D eigenvalue weighted by molar-refractivity contribution is 0.0544. The van der Waals surface area contributed by atoms with Crippen molar-refractivity contribution in [1.82, 2.24) is 4.90 Å². The van der Waals surface area contributed by atoms with E-state index >= 15 is 0 Å². The molecule has 0 bridgehead atoms. The Labute approximate surface area is 142 Å². The average molecular weight is 332 g/mol. The van der Waals surface area contributed by atoms with E-state index in [9.17, 15) is 4.79 Å². The Bertz CT molecular complexity index is 632. The van der Waals surface area contributed by atoms with Crippen molar-refractivity contribution in [1.29, 1.82) is 5.26 Å². The predicted octanol–water partition coefficient (Wildman–Crippen LogP) is 3.01. The quantitative estimate of drug-likeness (QED) is 0.801. The van der Waals surface area contributed by atoms with E-state index in [0.717, 1.165) is 6.42 Å². The monoisotopic (exact) mass is 332 g/mol. The van der Waals surface area contributed by atoms with Gasteiger partial charge in [-0.25, -0.2) is 0 Å². The number of hydrogen-bond donors (Lipinski definition) is 0. The van der Waals surface area contributed by atoms with E-state index in [-0.39, 0.29) is 17.9 Å². The second-order valence-corrected chi connectivity index (χ2v) is 6.23. The van der Waals surface area contributed by atoms with Gasteiger partial charge in [0.2, 0.25) is 5.75 Å². The molecule has 0 saturated carbocycles. The summed E-state index contributed by atoms with van der Waals surface area (Å²) in [7, 11) is 1.53. The molecule has 6 nitrogen and oxygen atoms in total. The molecule has 130 valence electrons. The third kappa shape index (κ3) is 3.56. The lowest BCUT2D eigenvalue weighted by Crippen LogP contribution is -2.47. The molecule has 0 unspecified atom stereocenters. The SMILES string of the molecule is CCC(C)(C)N(CCC#N)C(=O)c1cc(OC)c2c(c1)OCCO2. The van der Waals surface area contributed by atoms with E-state index in [4.69, 9.17) is 19.5 Å². The molecule has 24 heavy (non-hydrogen) atoms. The van der Waals surface area contributed by atoms with Crippen LogP contribution in [0.15, 0.2) is 12.1 Å². The fourth-order valence-electron chi connectivity index (χ4n) is 2.58. The second-order valence-electron chi connectivity index (χ2n) is 6.23. The Hall–Kier alpha value is -2.42. The van der Waals surface area contributed by atoms with Crippen molar-refractivity contribution >= 4 is 5.91 Å². The lowest BCUT2D eigenvalue weighted by atomic mass is 9.97. The maximum atomic E-state index is 13.1. The van der Waals surface area contributed by atoms with Crippen LogP contribution in [-0.2, 0) is 0 Å². The summed E-state index contributed by atoms with van der Waals surface area (Å²) >= 11 is 0. The van der Waals surface area contributed by atoms with Crippen molar-refractivity contribution in [3.8, 4) is 23.3 Å². The molecule has 1 aromatic carbocycles. The van der Waals surface area contributed by atoms with E-state index < -0.39 is 0 Å². The first-order valence-electron chi connectivity index (χ1n) is 8.11. The molecule has 1 amide bonds. The normalized spacial score (nSPS) is 13.1. The van der Waals surface area contributed by atoms with Gasteiger partial charge in [0, 0.05) is 17.6 Å². The molecule has 1 aliphatic rings. The molecule has 0 radical (unpaired) electrons. The Morgan fingerprint density at radius 2 is 2.08 bits per heavy atom. The van der Waals surface area contributed by atoms with Gasteiger partial charge in [0.05, 0.1) is 19.6 Å². The summed E-state index contributed by atoms with van der Waals surface area (Å²) in [6, 6.07) is 5.46. The smallest absolute Gasteiger partial charge is 0.254 e. The summed E-state index contributed by atoms with van der Waals surface area (Å²) in [4.78, 5) is 14.8. The van der Waals surface area contributed by atoms with Gasteiger partial charge in [0.25, 0.3) is 5.91 Å². The highest BCUT2D eigenvalue weighted by atomic mass is 16.6. The predicted molar refractivity (Wildman–Crippen MR) is 89.6 cm³/mol. The van der Waals surface area contributed by atoms with Gasteiger partial charge in [0.1, 0.15) is 13.2 Å². The highest BCUT2D eigenvalue weighted by Crippen LogP contribution is 2.41. The van der Waals surface area contributed by atoms with Crippen LogP contribution in [0.4, 0.5) is 0 Å². The molecule has 0 atom stereocenters. The van der Waals surface area contributed by atoms with E-state index in [1.807, 2.05) is 20.8 Å². The fourth-order valence-corrected chi connectivity index (χ4v) is 2.58. The second kappa shape index (κ2) is 7.43. The van der Waals surface area contributed by atoms with E-state index in [0.29, 0.717) is 42.6 Å². The molecule has 6 heteroatoms. The summed E-state index contributed by atoms with van der Waals surface area (Å²) in [5.74, 6) is 1.37.